The molecule has 0 aliphatic rings. The molecule has 2 aromatic rings. The number of nitrogens with zero attached hydrogens (tertiary/aromatic N) is 1. The zero-order chi connectivity index (χ0) is 10.8. The smallest absolute Gasteiger partial charge is 0.267 e. The van der Waals surface area contributed by atoms with Crippen molar-refractivity contribution < 1.29 is 9.59 Å². The molecule has 2 rings (SSSR count). The number of H-pyrrole nitrogens is 1. The van der Waals surface area contributed by atoms with Gasteiger partial charge in [-0.25, -0.2) is 4.79 Å². The SMILES string of the molecule is NC(=O)c1[nH]c2ccccc2c1N=C=O. The van der Waals surface area contributed by atoms with E-state index in [1.54, 1.807) is 24.3 Å². The molecule has 1 amide bonds. The average molecular weight is 201 g/mol. The van der Waals surface area contributed by atoms with Crippen molar-refractivity contribution in [3.05, 3.63) is 30.0 Å². The molecule has 0 saturated carbocycles. The topological polar surface area (TPSA) is 88.3 Å². The second-order valence-corrected chi connectivity index (χ2v) is 2.96. The molecule has 0 spiro atoms. The molecular formula is C10H7N3O2. The van der Waals surface area contributed by atoms with Crippen LogP contribution in [-0.4, -0.2) is 17.0 Å². The average Bonchev–Trinajstić information content (AvgIpc) is 2.58. The molecule has 5 heteroatoms. The Bertz CT molecular complexity index is 579. The van der Waals surface area contributed by atoms with Crippen molar-refractivity contribution in [2.45, 2.75) is 0 Å². The highest BCUT2D eigenvalue weighted by molar-refractivity contribution is 6.06. The second kappa shape index (κ2) is 3.40. The van der Waals surface area contributed by atoms with Gasteiger partial charge < -0.3 is 10.7 Å². The van der Waals surface area contributed by atoms with Gasteiger partial charge in [0.1, 0.15) is 11.4 Å². The summed E-state index contributed by atoms with van der Waals surface area (Å²) in [6.45, 7) is 0. The number of primary amides is 1. The molecule has 0 aliphatic carbocycles. The summed E-state index contributed by atoms with van der Waals surface area (Å²) in [6.07, 6.45) is 1.40. The van der Waals surface area contributed by atoms with Gasteiger partial charge in [0, 0.05) is 10.9 Å². The van der Waals surface area contributed by atoms with Gasteiger partial charge in [-0.2, -0.15) is 4.99 Å². The standard InChI is InChI=1S/C10H7N3O2/c11-10(15)9-8(12-5-14)6-3-1-2-4-7(6)13-9/h1-4,13H,(H2,11,15). The quantitative estimate of drug-likeness (QED) is 0.565. The molecule has 0 bridgehead atoms. The summed E-state index contributed by atoms with van der Waals surface area (Å²) in [6, 6.07) is 7.10. The van der Waals surface area contributed by atoms with Crippen molar-refractivity contribution in [2.24, 2.45) is 10.7 Å². The number of rotatable bonds is 2. The zero-order valence-corrected chi connectivity index (χ0v) is 7.65. The third-order valence-electron chi connectivity index (χ3n) is 2.08. The van der Waals surface area contributed by atoms with Crippen LogP contribution in [0.1, 0.15) is 10.5 Å². The first-order valence-electron chi connectivity index (χ1n) is 4.22. The summed E-state index contributed by atoms with van der Waals surface area (Å²) in [5.41, 5.74) is 6.23. The normalized spacial score (nSPS) is 9.87. The highest BCUT2D eigenvalue weighted by atomic mass is 16.1. The fraction of sp³-hybridized carbons (Fsp3) is 0. The molecule has 0 fully saturated rings. The Morgan fingerprint density at radius 2 is 2.13 bits per heavy atom. The summed E-state index contributed by atoms with van der Waals surface area (Å²) in [5, 5.41) is 0.676. The number of hydrogen-bond acceptors (Lipinski definition) is 3. The highest BCUT2D eigenvalue weighted by Crippen LogP contribution is 2.29. The largest absolute Gasteiger partial charge is 0.364 e. The maximum absolute atomic E-state index is 11.1. The van der Waals surface area contributed by atoms with Gasteiger partial charge in [0.05, 0.1) is 0 Å². The van der Waals surface area contributed by atoms with Gasteiger partial charge in [0.25, 0.3) is 5.91 Å². The number of aromatic amines is 1. The zero-order valence-electron chi connectivity index (χ0n) is 7.65. The molecule has 1 aromatic heterocycles. The molecule has 1 aromatic carbocycles. The second-order valence-electron chi connectivity index (χ2n) is 2.96. The minimum absolute atomic E-state index is 0.125. The number of fused-ring (bicyclic) bond motifs is 1. The van der Waals surface area contributed by atoms with E-state index in [0.29, 0.717) is 10.9 Å². The lowest BCUT2D eigenvalue weighted by atomic mass is 10.2. The molecule has 15 heavy (non-hydrogen) atoms. The van der Waals surface area contributed by atoms with Gasteiger partial charge in [-0.05, 0) is 6.07 Å². The Hall–Kier alpha value is -2.39. The molecule has 0 unspecified atom stereocenters. The number of hydrogen-bond donors (Lipinski definition) is 2. The summed E-state index contributed by atoms with van der Waals surface area (Å²) in [7, 11) is 0. The summed E-state index contributed by atoms with van der Waals surface area (Å²) >= 11 is 0. The minimum atomic E-state index is -0.653. The van der Waals surface area contributed by atoms with Gasteiger partial charge in [0.2, 0.25) is 6.08 Å². The van der Waals surface area contributed by atoms with E-state index in [2.05, 4.69) is 9.98 Å². The van der Waals surface area contributed by atoms with Crippen molar-refractivity contribution >= 4 is 28.6 Å². The van der Waals surface area contributed by atoms with Gasteiger partial charge in [-0.15, -0.1) is 0 Å². The van der Waals surface area contributed by atoms with Crippen molar-refractivity contribution in [1.82, 2.24) is 4.98 Å². The fourth-order valence-electron chi connectivity index (χ4n) is 1.47. The number of benzene rings is 1. The van der Waals surface area contributed by atoms with Crippen LogP contribution in [0, 0.1) is 0 Å². The summed E-state index contributed by atoms with van der Waals surface area (Å²) in [5.74, 6) is -0.653. The number of isocyanates is 1. The van der Waals surface area contributed by atoms with Crippen LogP contribution in [0.3, 0.4) is 0 Å². The fourth-order valence-corrected chi connectivity index (χ4v) is 1.47. The number of nitrogens with two attached hydrogens (primary N) is 1. The van der Waals surface area contributed by atoms with Gasteiger partial charge in [-0.1, -0.05) is 18.2 Å². The van der Waals surface area contributed by atoms with E-state index in [0.717, 1.165) is 0 Å². The van der Waals surface area contributed by atoms with Crippen LogP contribution < -0.4 is 5.73 Å². The Morgan fingerprint density at radius 3 is 2.80 bits per heavy atom. The van der Waals surface area contributed by atoms with Gasteiger partial charge in [-0.3, -0.25) is 4.79 Å². The molecule has 1 heterocycles. The van der Waals surface area contributed by atoms with E-state index in [1.807, 2.05) is 0 Å². The predicted molar refractivity (Wildman–Crippen MR) is 54.6 cm³/mol. The number of carbonyl (C=O) groups excluding carboxylic acids is 2. The number of nitrogens with one attached hydrogen (secondary N) is 1. The van der Waals surface area contributed by atoms with E-state index < -0.39 is 5.91 Å². The lowest BCUT2D eigenvalue weighted by Gasteiger charge is -1.90. The Balaban J connectivity index is 2.85. The number of carbonyl (C=O) groups is 1. The maximum atomic E-state index is 11.1. The van der Waals surface area contributed by atoms with Gasteiger partial charge >= 0.3 is 0 Å². The molecule has 5 nitrogen and oxygen atoms in total. The third-order valence-corrected chi connectivity index (χ3v) is 2.08. The lowest BCUT2D eigenvalue weighted by Crippen LogP contribution is -2.11. The number of aromatic nitrogens is 1. The van der Waals surface area contributed by atoms with E-state index >= 15 is 0 Å². The van der Waals surface area contributed by atoms with Crippen LogP contribution in [0.2, 0.25) is 0 Å². The van der Waals surface area contributed by atoms with Crippen LogP contribution in [-0.2, 0) is 4.79 Å². The van der Waals surface area contributed by atoms with Crippen molar-refractivity contribution in [3.63, 3.8) is 0 Å². The molecule has 0 atom stereocenters. The van der Waals surface area contributed by atoms with E-state index in [9.17, 15) is 9.59 Å². The number of aliphatic imine (C=N–C) groups is 1. The van der Waals surface area contributed by atoms with Crippen molar-refractivity contribution in [3.8, 4) is 0 Å². The molecule has 3 N–H and O–H groups in total. The van der Waals surface area contributed by atoms with E-state index in [4.69, 9.17) is 5.73 Å². The van der Waals surface area contributed by atoms with Crippen LogP contribution in [0.15, 0.2) is 29.3 Å². The van der Waals surface area contributed by atoms with E-state index in [-0.39, 0.29) is 11.4 Å². The number of amides is 1. The van der Waals surface area contributed by atoms with E-state index in [1.165, 1.54) is 6.08 Å². The lowest BCUT2D eigenvalue weighted by molar-refractivity contribution is 0.0997. The Labute approximate surface area is 84.6 Å². The molecular weight excluding hydrogens is 194 g/mol. The van der Waals surface area contributed by atoms with Gasteiger partial charge in [0.15, 0.2) is 0 Å². The summed E-state index contributed by atoms with van der Waals surface area (Å²) in [4.78, 5) is 27.6. The summed E-state index contributed by atoms with van der Waals surface area (Å²) < 4.78 is 0. The van der Waals surface area contributed by atoms with Crippen LogP contribution in [0.4, 0.5) is 5.69 Å². The van der Waals surface area contributed by atoms with Crippen LogP contribution in [0.5, 0.6) is 0 Å². The third kappa shape index (κ3) is 1.41. The minimum Gasteiger partial charge on any atom is -0.364 e. The monoisotopic (exact) mass is 201 g/mol. The van der Waals surface area contributed by atoms with Crippen LogP contribution in [0.25, 0.3) is 10.9 Å². The highest BCUT2D eigenvalue weighted by Gasteiger charge is 2.14. The number of para-hydroxylation sites is 1. The van der Waals surface area contributed by atoms with Crippen molar-refractivity contribution in [2.75, 3.05) is 0 Å². The first-order chi connectivity index (χ1) is 7.24. The molecule has 0 aliphatic heterocycles. The first-order valence-corrected chi connectivity index (χ1v) is 4.22. The van der Waals surface area contributed by atoms with Crippen LogP contribution >= 0.6 is 0 Å². The Morgan fingerprint density at radius 1 is 1.40 bits per heavy atom. The molecule has 0 radical (unpaired) electrons. The first kappa shape index (κ1) is 9.18. The maximum Gasteiger partial charge on any atom is 0.267 e. The molecule has 0 saturated heterocycles. The predicted octanol–water partition coefficient (Wildman–Crippen LogP) is 1.23. The molecule has 74 valence electrons. The Kier molecular flexibility index (Phi) is 2.08. The van der Waals surface area contributed by atoms with Crippen molar-refractivity contribution in [1.29, 1.82) is 0 Å².